The zero-order chi connectivity index (χ0) is 24.4. The number of benzene rings is 1. The number of rotatable bonds is 9. The van der Waals surface area contributed by atoms with Crippen molar-refractivity contribution in [2.75, 3.05) is 13.1 Å². The molecule has 2 rings (SSSR count). The van der Waals surface area contributed by atoms with Gasteiger partial charge in [0.05, 0.1) is 0 Å². The molecular formula is C29H42ClNO2. The highest BCUT2D eigenvalue weighted by Gasteiger charge is 2.32. The quantitative estimate of drug-likeness (QED) is 0.336. The van der Waals surface area contributed by atoms with Crippen LogP contribution in [-0.4, -0.2) is 29.7 Å². The van der Waals surface area contributed by atoms with Crippen molar-refractivity contribution < 1.29 is 9.53 Å². The molecule has 1 aliphatic rings. The number of nitrogens with zero attached hydrogens (tertiary/aromatic N) is 1. The number of unbranched alkanes of at least 4 members (excludes halogenated alkanes) is 1. The van der Waals surface area contributed by atoms with Crippen LogP contribution in [0.4, 0.5) is 4.79 Å². The Labute approximate surface area is 206 Å². The van der Waals surface area contributed by atoms with Crippen LogP contribution in [0.3, 0.4) is 0 Å². The molecule has 1 saturated heterocycles. The van der Waals surface area contributed by atoms with E-state index in [1.165, 1.54) is 16.7 Å². The van der Waals surface area contributed by atoms with Gasteiger partial charge in [-0.25, -0.2) is 4.79 Å². The number of piperidine rings is 1. The van der Waals surface area contributed by atoms with Gasteiger partial charge in [-0.05, 0) is 100 Å². The van der Waals surface area contributed by atoms with Crippen molar-refractivity contribution in [3.8, 4) is 0 Å². The Kier molecular flexibility index (Phi) is 10.8. The van der Waals surface area contributed by atoms with Crippen molar-refractivity contribution in [1.29, 1.82) is 0 Å². The van der Waals surface area contributed by atoms with Crippen LogP contribution in [0.25, 0.3) is 5.57 Å². The van der Waals surface area contributed by atoms with Gasteiger partial charge in [0.2, 0.25) is 0 Å². The molecule has 3 nitrogen and oxygen atoms in total. The van der Waals surface area contributed by atoms with Gasteiger partial charge in [0.25, 0.3) is 0 Å². The fourth-order valence-corrected chi connectivity index (χ4v) is 4.65. The number of hydrogen-bond acceptors (Lipinski definition) is 2. The first-order valence-electron chi connectivity index (χ1n) is 12.4. The lowest BCUT2D eigenvalue weighted by molar-refractivity contribution is 0.0174. The lowest BCUT2D eigenvalue weighted by Gasteiger charge is -2.37. The highest BCUT2D eigenvalue weighted by Crippen LogP contribution is 2.40. The second-order valence-corrected chi connectivity index (χ2v) is 10.5. The predicted molar refractivity (Wildman–Crippen MR) is 142 cm³/mol. The van der Waals surface area contributed by atoms with Gasteiger partial charge in [-0.1, -0.05) is 61.9 Å². The summed E-state index contributed by atoms with van der Waals surface area (Å²) < 4.78 is 5.59. The third-order valence-corrected chi connectivity index (χ3v) is 6.45. The Morgan fingerprint density at radius 3 is 2.58 bits per heavy atom. The Bertz CT molecular complexity index is 842. The maximum atomic E-state index is 12.5. The first kappa shape index (κ1) is 27.2. The smallest absolute Gasteiger partial charge is 0.410 e. The van der Waals surface area contributed by atoms with Crippen LogP contribution < -0.4 is 0 Å². The monoisotopic (exact) mass is 471 g/mol. The summed E-state index contributed by atoms with van der Waals surface area (Å²) in [4.78, 5) is 14.4. The molecule has 33 heavy (non-hydrogen) atoms. The maximum Gasteiger partial charge on any atom is 0.410 e. The number of ether oxygens (including phenoxy) is 1. The third-order valence-electron chi connectivity index (χ3n) is 6.22. The Hall–Kier alpha value is -2.00. The minimum Gasteiger partial charge on any atom is -0.444 e. The van der Waals surface area contributed by atoms with Gasteiger partial charge in [-0.15, -0.1) is 0 Å². The molecule has 1 aromatic carbocycles. The molecule has 0 spiro atoms. The molecule has 0 saturated carbocycles. The van der Waals surface area contributed by atoms with Gasteiger partial charge < -0.3 is 9.64 Å². The molecule has 1 fully saturated rings. The molecule has 1 atom stereocenters. The van der Waals surface area contributed by atoms with Crippen LogP contribution >= 0.6 is 11.6 Å². The van der Waals surface area contributed by atoms with Crippen LogP contribution in [0.15, 0.2) is 49.1 Å². The summed E-state index contributed by atoms with van der Waals surface area (Å²) in [5.41, 5.74) is 3.24. The van der Waals surface area contributed by atoms with E-state index in [0.717, 1.165) is 56.6 Å². The fourth-order valence-electron chi connectivity index (χ4n) is 4.48. The van der Waals surface area contributed by atoms with E-state index in [-0.39, 0.29) is 6.09 Å². The zero-order valence-corrected chi connectivity index (χ0v) is 22.0. The summed E-state index contributed by atoms with van der Waals surface area (Å²) in [6, 6.07) is 6.29. The SMILES string of the molecule is C=C(CCCC)c1cc(Cl)ccc1C(C/C=C\C=C/C)C1CCN(C(=O)OC(C)(C)C)CC1. The minimum absolute atomic E-state index is 0.203. The van der Waals surface area contributed by atoms with Crippen molar-refractivity contribution in [1.82, 2.24) is 4.90 Å². The van der Waals surface area contributed by atoms with E-state index in [0.29, 0.717) is 11.8 Å². The molecule has 1 heterocycles. The molecule has 1 aliphatic heterocycles. The summed E-state index contributed by atoms with van der Waals surface area (Å²) in [6.45, 7) is 15.9. The van der Waals surface area contributed by atoms with Crippen molar-refractivity contribution in [3.05, 3.63) is 65.2 Å². The second-order valence-electron chi connectivity index (χ2n) is 10.0. The number of allylic oxidation sites excluding steroid dienone is 5. The van der Waals surface area contributed by atoms with Crippen molar-refractivity contribution >= 4 is 23.3 Å². The molecular weight excluding hydrogens is 430 g/mol. The topological polar surface area (TPSA) is 29.5 Å². The molecule has 1 aromatic rings. The van der Waals surface area contributed by atoms with Crippen LogP contribution in [0.2, 0.25) is 5.02 Å². The average Bonchev–Trinajstić information content (AvgIpc) is 2.77. The summed E-state index contributed by atoms with van der Waals surface area (Å²) >= 11 is 6.42. The molecule has 0 radical (unpaired) electrons. The summed E-state index contributed by atoms with van der Waals surface area (Å²) in [5, 5.41) is 0.759. The van der Waals surface area contributed by atoms with Crippen molar-refractivity contribution in [2.45, 2.75) is 84.7 Å². The number of carbonyl (C=O) groups excluding carboxylic acids is 1. The number of carbonyl (C=O) groups is 1. The van der Waals surface area contributed by atoms with Crippen LogP contribution in [-0.2, 0) is 4.74 Å². The standard InChI is InChI=1S/C29H42ClNO2/c1-7-9-11-12-14-25(23-17-19-31(20-18-23)28(32)33-29(4,5)6)26-16-15-24(30)21-27(26)22(3)13-10-8-2/h7,9,11-12,15-16,21,23,25H,3,8,10,13-14,17-20H2,1-2,4-6H3/b9-7-,12-11-. The van der Waals surface area contributed by atoms with Crippen LogP contribution in [0.1, 0.15) is 90.2 Å². The highest BCUT2D eigenvalue weighted by atomic mass is 35.5. The molecule has 0 N–H and O–H groups in total. The molecule has 4 heteroatoms. The van der Waals surface area contributed by atoms with E-state index < -0.39 is 5.60 Å². The number of hydrogen-bond donors (Lipinski definition) is 0. The van der Waals surface area contributed by atoms with Crippen molar-refractivity contribution in [2.24, 2.45) is 5.92 Å². The largest absolute Gasteiger partial charge is 0.444 e. The zero-order valence-electron chi connectivity index (χ0n) is 21.2. The van der Waals surface area contributed by atoms with Gasteiger partial charge in [0.1, 0.15) is 5.60 Å². The van der Waals surface area contributed by atoms with E-state index >= 15 is 0 Å². The Morgan fingerprint density at radius 2 is 1.97 bits per heavy atom. The van der Waals surface area contributed by atoms with E-state index in [1.807, 2.05) is 44.7 Å². The predicted octanol–water partition coefficient (Wildman–Crippen LogP) is 8.80. The van der Waals surface area contributed by atoms with Gasteiger partial charge in [0, 0.05) is 18.1 Å². The number of halogens is 1. The molecule has 0 aliphatic carbocycles. The summed E-state index contributed by atoms with van der Waals surface area (Å²) in [6.07, 6.45) is 14.5. The highest BCUT2D eigenvalue weighted by molar-refractivity contribution is 6.30. The van der Waals surface area contributed by atoms with E-state index in [4.69, 9.17) is 16.3 Å². The maximum absolute atomic E-state index is 12.5. The Morgan fingerprint density at radius 1 is 1.27 bits per heavy atom. The molecule has 1 unspecified atom stereocenters. The minimum atomic E-state index is -0.467. The van der Waals surface area contributed by atoms with E-state index in [1.54, 1.807) is 0 Å². The average molecular weight is 472 g/mol. The molecule has 0 aromatic heterocycles. The van der Waals surface area contributed by atoms with E-state index in [9.17, 15) is 4.79 Å². The molecule has 0 bridgehead atoms. The third kappa shape index (κ3) is 8.70. The first-order chi connectivity index (χ1) is 15.7. The van der Waals surface area contributed by atoms with Gasteiger partial charge in [-0.3, -0.25) is 0 Å². The fraction of sp³-hybridized carbons (Fsp3) is 0.552. The molecule has 1 amide bonds. The van der Waals surface area contributed by atoms with E-state index in [2.05, 4.69) is 43.9 Å². The number of amides is 1. The van der Waals surface area contributed by atoms with Crippen LogP contribution in [0.5, 0.6) is 0 Å². The number of likely N-dealkylation sites (tertiary alicyclic amines) is 1. The first-order valence-corrected chi connectivity index (χ1v) is 12.8. The lowest BCUT2D eigenvalue weighted by Crippen LogP contribution is -2.42. The molecule has 182 valence electrons. The Balaban J connectivity index is 2.26. The second kappa shape index (κ2) is 13.0. The van der Waals surface area contributed by atoms with Crippen LogP contribution in [0, 0.1) is 5.92 Å². The lowest BCUT2D eigenvalue weighted by atomic mass is 9.75. The summed E-state index contributed by atoms with van der Waals surface area (Å²) in [7, 11) is 0. The van der Waals surface area contributed by atoms with Crippen molar-refractivity contribution in [3.63, 3.8) is 0 Å². The summed E-state index contributed by atoms with van der Waals surface area (Å²) in [5.74, 6) is 0.843. The van der Waals surface area contributed by atoms with Gasteiger partial charge in [0.15, 0.2) is 0 Å². The van der Waals surface area contributed by atoms with Gasteiger partial charge in [-0.2, -0.15) is 0 Å². The normalized spacial score (nSPS) is 16.5. The van der Waals surface area contributed by atoms with Gasteiger partial charge >= 0.3 is 6.09 Å².